The molecule has 4 nitrogen and oxygen atoms in total. The number of likely N-dealkylation sites (N-methyl/N-ethyl adjacent to an activating group) is 1. The van der Waals surface area contributed by atoms with Crippen LogP contribution in [0.4, 0.5) is 0 Å². The van der Waals surface area contributed by atoms with Gasteiger partial charge in [-0.15, -0.1) is 11.6 Å². The summed E-state index contributed by atoms with van der Waals surface area (Å²) in [6.45, 7) is 2.99. The summed E-state index contributed by atoms with van der Waals surface area (Å²) in [5.74, 6) is 0.471. The molecule has 2 unspecified atom stereocenters. The second kappa shape index (κ2) is 5.48. The molecule has 1 fully saturated rings. The standard InChI is InChI=1S/C9H18ClNO3S/c1-8(5-10)7-15(12,13)11(2)9-3-4-14-6-9/h8-9H,3-7H2,1-2H3. The Hall–Kier alpha value is 0.160. The van der Waals surface area contributed by atoms with Crippen molar-refractivity contribution >= 4 is 21.6 Å². The zero-order valence-corrected chi connectivity index (χ0v) is 10.7. The highest BCUT2D eigenvalue weighted by Gasteiger charge is 2.30. The second-order valence-electron chi connectivity index (χ2n) is 4.07. The molecule has 1 aliphatic heterocycles. The maximum Gasteiger partial charge on any atom is 0.214 e. The van der Waals surface area contributed by atoms with E-state index < -0.39 is 10.0 Å². The van der Waals surface area contributed by atoms with Gasteiger partial charge in [0.05, 0.1) is 18.4 Å². The Kier molecular flexibility index (Phi) is 4.83. The first-order valence-corrected chi connectivity index (χ1v) is 7.21. The van der Waals surface area contributed by atoms with Gasteiger partial charge in [-0.2, -0.15) is 4.31 Å². The van der Waals surface area contributed by atoms with Crippen molar-refractivity contribution in [3.05, 3.63) is 0 Å². The van der Waals surface area contributed by atoms with Crippen LogP contribution in [-0.2, 0) is 14.8 Å². The Labute approximate surface area is 96.6 Å². The number of rotatable bonds is 5. The highest BCUT2D eigenvalue weighted by atomic mass is 35.5. The van der Waals surface area contributed by atoms with Crippen LogP contribution in [0, 0.1) is 5.92 Å². The van der Waals surface area contributed by atoms with Crippen molar-refractivity contribution in [1.82, 2.24) is 4.31 Å². The van der Waals surface area contributed by atoms with E-state index in [0.717, 1.165) is 6.42 Å². The van der Waals surface area contributed by atoms with Gasteiger partial charge in [0.25, 0.3) is 0 Å². The summed E-state index contributed by atoms with van der Waals surface area (Å²) >= 11 is 5.61. The molecule has 0 aliphatic carbocycles. The minimum absolute atomic E-state index is 0.00229. The van der Waals surface area contributed by atoms with Gasteiger partial charge in [0.15, 0.2) is 0 Å². The molecule has 0 aromatic carbocycles. The van der Waals surface area contributed by atoms with Crippen LogP contribution in [0.25, 0.3) is 0 Å². The van der Waals surface area contributed by atoms with Crippen LogP contribution < -0.4 is 0 Å². The fourth-order valence-corrected chi connectivity index (χ4v) is 3.49. The van der Waals surface area contributed by atoms with Crippen LogP contribution in [0.3, 0.4) is 0 Å². The van der Waals surface area contributed by atoms with Crippen LogP contribution >= 0.6 is 11.6 Å². The van der Waals surface area contributed by atoms with Gasteiger partial charge in [-0.25, -0.2) is 8.42 Å². The van der Waals surface area contributed by atoms with Crippen molar-refractivity contribution in [3.8, 4) is 0 Å². The van der Waals surface area contributed by atoms with Gasteiger partial charge >= 0.3 is 0 Å². The third-order valence-electron chi connectivity index (χ3n) is 2.62. The third kappa shape index (κ3) is 3.59. The Morgan fingerprint density at radius 1 is 1.60 bits per heavy atom. The van der Waals surface area contributed by atoms with Crippen LogP contribution in [0.1, 0.15) is 13.3 Å². The van der Waals surface area contributed by atoms with Crippen LogP contribution in [0.5, 0.6) is 0 Å². The van der Waals surface area contributed by atoms with Gasteiger partial charge in [0, 0.05) is 19.5 Å². The van der Waals surface area contributed by atoms with Crippen LogP contribution in [0.15, 0.2) is 0 Å². The van der Waals surface area contributed by atoms with Crippen LogP contribution in [0.2, 0.25) is 0 Å². The molecular weight excluding hydrogens is 238 g/mol. The van der Waals surface area contributed by atoms with Gasteiger partial charge in [0.1, 0.15) is 0 Å². The molecule has 0 saturated carbocycles. The number of nitrogens with zero attached hydrogens (tertiary/aromatic N) is 1. The molecule has 2 atom stereocenters. The molecule has 0 amide bonds. The molecule has 0 radical (unpaired) electrons. The number of hydrogen-bond donors (Lipinski definition) is 0. The lowest BCUT2D eigenvalue weighted by Crippen LogP contribution is -2.40. The van der Waals surface area contributed by atoms with Crippen molar-refractivity contribution in [2.75, 3.05) is 31.9 Å². The molecular formula is C9H18ClNO3S. The van der Waals surface area contributed by atoms with Gasteiger partial charge < -0.3 is 4.74 Å². The molecule has 6 heteroatoms. The molecule has 1 rings (SSSR count). The summed E-state index contributed by atoms with van der Waals surface area (Å²) in [7, 11) is -1.57. The van der Waals surface area contributed by atoms with E-state index >= 15 is 0 Å². The average Bonchev–Trinajstić information content (AvgIpc) is 2.68. The summed E-state index contributed by atoms with van der Waals surface area (Å²) in [5, 5.41) is 0. The summed E-state index contributed by atoms with van der Waals surface area (Å²) in [6.07, 6.45) is 0.783. The molecule has 90 valence electrons. The zero-order chi connectivity index (χ0) is 11.5. The molecule has 0 aromatic heterocycles. The van der Waals surface area contributed by atoms with E-state index in [4.69, 9.17) is 16.3 Å². The number of ether oxygens (including phenoxy) is 1. The first-order chi connectivity index (χ1) is 6.97. The summed E-state index contributed by atoms with van der Waals surface area (Å²) in [5.41, 5.74) is 0. The minimum Gasteiger partial charge on any atom is -0.380 e. The van der Waals surface area contributed by atoms with E-state index in [-0.39, 0.29) is 17.7 Å². The molecule has 1 saturated heterocycles. The van der Waals surface area contributed by atoms with E-state index in [1.165, 1.54) is 4.31 Å². The van der Waals surface area contributed by atoms with E-state index in [1.54, 1.807) is 7.05 Å². The lowest BCUT2D eigenvalue weighted by atomic mass is 10.3. The Balaban J connectivity index is 2.59. The van der Waals surface area contributed by atoms with E-state index in [9.17, 15) is 8.42 Å². The fraction of sp³-hybridized carbons (Fsp3) is 1.00. The zero-order valence-electron chi connectivity index (χ0n) is 9.15. The first kappa shape index (κ1) is 13.2. The normalized spacial score (nSPS) is 24.7. The quantitative estimate of drug-likeness (QED) is 0.686. The van der Waals surface area contributed by atoms with Gasteiger partial charge in [0.2, 0.25) is 10.0 Å². The Morgan fingerprint density at radius 2 is 2.27 bits per heavy atom. The second-order valence-corrected chi connectivity index (χ2v) is 6.45. The fourth-order valence-electron chi connectivity index (χ4n) is 1.56. The minimum atomic E-state index is -3.19. The van der Waals surface area contributed by atoms with Gasteiger partial charge in [-0.1, -0.05) is 6.92 Å². The smallest absolute Gasteiger partial charge is 0.214 e. The summed E-state index contributed by atoms with van der Waals surface area (Å²) < 4.78 is 30.4. The SMILES string of the molecule is CC(CCl)CS(=O)(=O)N(C)C1CCOC1. The predicted molar refractivity (Wildman–Crippen MR) is 60.7 cm³/mol. The summed E-state index contributed by atoms with van der Waals surface area (Å²) in [4.78, 5) is 0. The lowest BCUT2D eigenvalue weighted by Gasteiger charge is -2.23. The highest BCUT2D eigenvalue weighted by Crippen LogP contribution is 2.16. The van der Waals surface area contributed by atoms with Crippen molar-refractivity contribution in [1.29, 1.82) is 0 Å². The topological polar surface area (TPSA) is 46.6 Å². The number of alkyl halides is 1. The lowest BCUT2D eigenvalue weighted by molar-refractivity contribution is 0.180. The highest BCUT2D eigenvalue weighted by molar-refractivity contribution is 7.89. The van der Waals surface area contributed by atoms with Crippen LogP contribution in [-0.4, -0.2) is 50.7 Å². The molecule has 0 aromatic rings. The van der Waals surface area contributed by atoms with Crippen molar-refractivity contribution < 1.29 is 13.2 Å². The molecule has 15 heavy (non-hydrogen) atoms. The molecule has 1 aliphatic rings. The molecule has 0 N–H and O–H groups in total. The van der Waals surface area contributed by atoms with E-state index in [1.807, 2.05) is 6.92 Å². The molecule has 1 heterocycles. The Morgan fingerprint density at radius 3 is 2.73 bits per heavy atom. The molecule has 0 bridgehead atoms. The van der Waals surface area contributed by atoms with Gasteiger partial charge in [-0.05, 0) is 12.3 Å². The monoisotopic (exact) mass is 255 g/mol. The number of halogens is 1. The average molecular weight is 256 g/mol. The largest absolute Gasteiger partial charge is 0.380 e. The molecule has 0 spiro atoms. The summed E-state index contributed by atoms with van der Waals surface area (Å²) in [6, 6.07) is -0.00229. The van der Waals surface area contributed by atoms with Crippen molar-refractivity contribution in [2.45, 2.75) is 19.4 Å². The predicted octanol–water partition coefficient (Wildman–Crippen LogP) is 0.912. The number of hydrogen-bond acceptors (Lipinski definition) is 3. The van der Waals surface area contributed by atoms with Crippen molar-refractivity contribution in [3.63, 3.8) is 0 Å². The Bertz CT molecular complexity index is 288. The van der Waals surface area contributed by atoms with E-state index in [2.05, 4.69) is 0 Å². The van der Waals surface area contributed by atoms with Crippen molar-refractivity contribution in [2.24, 2.45) is 5.92 Å². The third-order valence-corrected chi connectivity index (χ3v) is 5.31. The van der Waals surface area contributed by atoms with E-state index in [0.29, 0.717) is 19.1 Å². The van der Waals surface area contributed by atoms with Gasteiger partial charge in [-0.3, -0.25) is 0 Å². The maximum atomic E-state index is 11.9. The number of sulfonamides is 1. The maximum absolute atomic E-state index is 11.9. The first-order valence-electron chi connectivity index (χ1n) is 5.06.